The van der Waals surface area contributed by atoms with Crippen molar-refractivity contribution in [2.45, 2.75) is 283 Å². The minimum atomic E-state index is -4.35. The van der Waals surface area contributed by atoms with Gasteiger partial charge in [-0.2, -0.15) is 0 Å². The number of hydrogen-bond donors (Lipinski definition) is 3. The van der Waals surface area contributed by atoms with Crippen LogP contribution in [0.5, 0.6) is 0 Å². The molecule has 74 heavy (non-hydrogen) atoms. The zero-order valence-electron chi connectivity index (χ0n) is 49.1. The highest BCUT2D eigenvalue weighted by Crippen LogP contribution is 2.43. The molecule has 0 rings (SSSR count). The fraction of sp³-hybridized carbons (Fsp3) is 0.769. The highest BCUT2D eigenvalue weighted by atomic mass is 31.2. The second-order valence-corrected chi connectivity index (χ2v) is 23.5. The van der Waals surface area contributed by atoms with Crippen molar-refractivity contribution >= 4 is 13.7 Å². The van der Waals surface area contributed by atoms with Crippen LogP contribution in [0.25, 0.3) is 0 Å². The number of hydrogen-bond acceptors (Lipinski definition) is 5. The summed E-state index contributed by atoms with van der Waals surface area (Å²) < 4.78 is 23.6. The summed E-state index contributed by atoms with van der Waals surface area (Å²) in [5.41, 5.74) is 0. The van der Waals surface area contributed by atoms with Crippen LogP contribution in [-0.4, -0.2) is 73.4 Å². The van der Waals surface area contributed by atoms with Crippen LogP contribution in [0.4, 0.5) is 0 Å². The van der Waals surface area contributed by atoms with Gasteiger partial charge in [0.1, 0.15) is 13.2 Å². The number of aliphatic hydroxyl groups excluding tert-OH is 1. The van der Waals surface area contributed by atoms with Crippen molar-refractivity contribution in [2.75, 3.05) is 40.9 Å². The van der Waals surface area contributed by atoms with Crippen molar-refractivity contribution in [1.29, 1.82) is 0 Å². The van der Waals surface area contributed by atoms with Crippen LogP contribution >= 0.6 is 7.82 Å². The molecule has 0 aliphatic heterocycles. The minimum absolute atomic E-state index is 0.0526. The van der Waals surface area contributed by atoms with E-state index >= 15 is 0 Å². The van der Waals surface area contributed by atoms with Crippen molar-refractivity contribution in [2.24, 2.45) is 0 Å². The van der Waals surface area contributed by atoms with Gasteiger partial charge in [-0.05, 0) is 77.0 Å². The quantitative estimate of drug-likeness (QED) is 0.0243. The van der Waals surface area contributed by atoms with E-state index < -0.39 is 20.0 Å². The van der Waals surface area contributed by atoms with Crippen molar-refractivity contribution in [1.82, 2.24) is 5.32 Å². The number of carbonyl (C=O) groups is 1. The van der Waals surface area contributed by atoms with Crippen molar-refractivity contribution < 1.29 is 32.9 Å². The molecule has 0 aliphatic carbocycles. The van der Waals surface area contributed by atoms with E-state index in [0.717, 1.165) is 77.0 Å². The van der Waals surface area contributed by atoms with Crippen molar-refractivity contribution in [3.8, 4) is 0 Å². The number of nitrogens with one attached hydrogen (secondary N) is 1. The molecule has 0 aromatic heterocycles. The molecule has 0 spiro atoms. The predicted octanol–water partition coefficient (Wildman–Crippen LogP) is 19.2. The summed E-state index contributed by atoms with van der Waals surface area (Å²) in [5.74, 6) is -0.191. The summed E-state index contributed by atoms with van der Waals surface area (Å²) >= 11 is 0. The lowest BCUT2D eigenvalue weighted by molar-refractivity contribution is -0.870. The van der Waals surface area contributed by atoms with E-state index in [1.165, 1.54) is 173 Å². The Labute approximate surface area is 458 Å². The van der Waals surface area contributed by atoms with Gasteiger partial charge in [-0.25, -0.2) is 4.57 Å². The van der Waals surface area contributed by atoms with Crippen LogP contribution in [0, 0.1) is 0 Å². The lowest BCUT2D eigenvalue weighted by atomic mass is 10.0. The van der Waals surface area contributed by atoms with Gasteiger partial charge in [0.15, 0.2) is 0 Å². The van der Waals surface area contributed by atoms with E-state index in [1.54, 1.807) is 6.08 Å². The van der Waals surface area contributed by atoms with Gasteiger partial charge in [0.25, 0.3) is 0 Å². The number of rotatable bonds is 56. The zero-order chi connectivity index (χ0) is 54.2. The van der Waals surface area contributed by atoms with Crippen LogP contribution in [0.2, 0.25) is 0 Å². The lowest BCUT2D eigenvalue weighted by Gasteiger charge is -2.25. The van der Waals surface area contributed by atoms with Gasteiger partial charge < -0.3 is 19.8 Å². The van der Waals surface area contributed by atoms with Gasteiger partial charge in [0.05, 0.1) is 39.9 Å². The number of allylic oxidation sites excluding steroid dienone is 13. The number of nitrogens with zero attached hydrogens (tertiary/aromatic N) is 1. The average molecular weight is 1060 g/mol. The second kappa shape index (κ2) is 55.4. The molecular weight excluding hydrogens is 936 g/mol. The first kappa shape index (κ1) is 71.7. The molecule has 430 valence electrons. The van der Waals surface area contributed by atoms with E-state index in [2.05, 4.69) is 92.1 Å². The van der Waals surface area contributed by atoms with Crippen LogP contribution in [0.1, 0.15) is 271 Å². The maximum Gasteiger partial charge on any atom is 0.472 e. The first-order chi connectivity index (χ1) is 36.0. The van der Waals surface area contributed by atoms with E-state index in [9.17, 15) is 19.4 Å². The Hall–Kier alpha value is -2.32. The van der Waals surface area contributed by atoms with Gasteiger partial charge in [-0.15, -0.1) is 0 Å². The standard InChI is InChI=1S/C65H119N2O6P/c1-6-8-10-12-14-16-18-19-20-21-22-23-24-25-26-27-28-29-30-31-32-33-34-35-36-37-38-39-40-41-42-43-44-45-46-47-49-51-53-55-57-59-65(69)66-63(62-73-74(70,71)72-61-60-67(3,4)5)64(68)58-56-54-52-50-48-17-15-13-11-9-7-2/h8,10-11,13-14,16,19-20,22-23,48,50,56,58,63-64,68H,6-7,9,12,15,17-18,21,24-47,49,51-55,57,59-62H2,1-5H3,(H-,66,69,70,71)/p+1/b10-8-,13-11+,16-14-,20-19-,23-22-,50-48+,58-56+. The number of amides is 1. The summed E-state index contributed by atoms with van der Waals surface area (Å²) in [6, 6.07) is -0.869. The molecular formula is C65H120N2O6P+. The number of unbranched alkanes of at least 4 members (excludes halogenated alkanes) is 31. The van der Waals surface area contributed by atoms with E-state index in [0.29, 0.717) is 17.4 Å². The Morgan fingerprint density at radius 3 is 1.23 bits per heavy atom. The highest BCUT2D eigenvalue weighted by Gasteiger charge is 2.27. The van der Waals surface area contributed by atoms with Crippen LogP contribution in [0.15, 0.2) is 85.1 Å². The first-order valence-corrected chi connectivity index (χ1v) is 32.5. The number of likely N-dealkylation sites (N-methyl/N-ethyl adjacent to an activating group) is 1. The fourth-order valence-corrected chi connectivity index (χ4v) is 9.52. The largest absolute Gasteiger partial charge is 0.472 e. The van der Waals surface area contributed by atoms with E-state index in [4.69, 9.17) is 9.05 Å². The monoisotopic (exact) mass is 1060 g/mol. The normalized spacial score (nSPS) is 14.4. The van der Waals surface area contributed by atoms with Crippen LogP contribution in [-0.2, 0) is 18.4 Å². The topological polar surface area (TPSA) is 105 Å². The summed E-state index contributed by atoms with van der Waals surface area (Å²) in [7, 11) is 1.55. The SMILES string of the molecule is CC/C=C\C/C=C\C/C=C\C/C=C\CCCCCCCCCCCCCCCCCCCCCCCCCCCCCCC(=O)NC(COP(=O)(O)OCC[N+](C)(C)C)C(O)/C=C/CC/C=C/CC/C=C/CCC. The third kappa shape index (κ3) is 57.4. The molecule has 0 radical (unpaired) electrons. The molecule has 0 saturated carbocycles. The second-order valence-electron chi connectivity index (χ2n) is 22.0. The maximum atomic E-state index is 12.9. The molecule has 0 aliphatic rings. The Balaban J connectivity index is 3.83. The molecule has 3 N–H and O–H groups in total. The summed E-state index contributed by atoms with van der Waals surface area (Å²) in [6.45, 7) is 4.60. The molecule has 0 bridgehead atoms. The molecule has 8 nitrogen and oxygen atoms in total. The van der Waals surface area contributed by atoms with Crippen molar-refractivity contribution in [3.05, 3.63) is 85.1 Å². The number of aliphatic hydroxyl groups is 1. The molecule has 0 fully saturated rings. The van der Waals surface area contributed by atoms with Crippen molar-refractivity contribution in [3.63, 3.8) is 0 Å². The molecule has 9 heteroatoms. The number of phosphoric acid groups is 1. The maximum absolute atomic E-state index is 12.9. The van der Waals surface area contributed by atoms with Crippen LogP contribution < -0.4 is 5.32 Å². The third-order valence-electron chi connectivity index (χ3n) is 13.6. The van der Waals surface area contributed by atoms with Gasteiger partial charge in [0.2, 0.25) is 5.91 Å². The number of phosphoric ester groups is 1. The Kier molecular flexibility index (Phi) is 53.7. The first-order valence-electron chi connectivity index (χ1n) is 31.0. The molecule has 0 heterocycles. The highest BCUT2D eigenvalue weighted by molar-refractivity contribution is 7.47. The smallest absolute Gasteiger partial charge is 0.387 e. The van der Waals surface area contributed by atoms with Gasteiger partial charge in [0, 0.05) is 6.42 Å². The van der Waals surface area contributed by atoms with E-state index in [1.807, 2.05) is 27.2 Å². The molecule has 3 unspecified atom stereocenters. The van der Waals surface area contributed by atoms with Crippen LogP contribution in [0.3, 0.4) is 0 Å². The number of carbonyl (C=O) groups excluding carboxylic acids is 1. The summed E-state index contributed by atoms with van der Waals surface area (Å²) in [6.07, 6.45) is 78.9. The minimum Gasteiger partial charge on any atom is -0.387 e. The Morgan fingerprint density at radius 1 is 0.473 bits per heavy atom. The zero-order valence-corrected chi connectivity index (χ0v) is 50.0. The predicted molar refractivity (Wildman–Crippen MR) is 323 cm³/mol. The van der Waals surface area contributed by atoms with Gasteiger partial charge in [-0.1, -0.05) is 272 Å². The average Bonchev–Trinajstić information content (AvgIpc) is 3.36. The van der Waals surface area contributed by atoms with Gasteiger partial charge >= 0.3 is 7.82 Å². The third-order valence-corrected chi connectivity index (χ3v) is 14.5. The fourth-order valence-electron chi connectivity index (χ4n) is 8.78. The molecule has 1 amide bonds. The van der Waals surface area contributed by atoms with E-state index in [-0.39, 0.29) is 19.1 Å². The summed E-state index contributed by atoms with van der Waals surface area (Å²) in [5, 5.41) is 13.8. The van der Waals surface area contributed by atoms with Gasteiger partial charge in [-0.3, -0.25) is 13.8 Å². The Morgan fingerprint density at radius 2 is 0.824 bits per heavy atom. The number of quaternary nitrogens is 1. The summed E-state index contributed by atoms with van der Waals surface area (Å²) in [4.78, 5) is 23.2. The Bertz CT molecular complexity index is 1480. The molecule has 3 atom stereocenters. The molecule has 0 aromatic rings. The molecule has 0 saturated heterocycles. The lowest BCUT2D eigenvalue weighted by Crippen LogP contribution is -2.45. The molecule has 0 aromatic carbocycles.